The van der Waals surface area contributed by atoms with Crippen molar-refractivity contribution in [1.82, 2.24) is 9.88 Å². The molecule has 1 amide bonds. The SMILES string of the molecule is COC(=O)C1Cc2c([nH]c3ccccc23)CN1C(=O)COc1cc(C)cc2oc(=O)c3c(c12)CCCC3. The maximum Gasteiger partial charge on any atom is 0.339 e. The summed E-state index contributed by atoms with van der Waals surface area (Å²) in [5, 5.41) is 1.81. The lowest BCUT2D eigenvalue weighted by molar-refractivity contribution is -0.154. The van der Waals surface area contributed by atoms with Crippen molar-refractivity contribution in [3.63, 3.8) is 0 Å². The van der Waals surface area contributed by atoms with Gasteiger partial charge in [-0.05, 0) is 67.5 Å². The molecule has 0 saturated heterocycles. The number of esters is 1. The molecule has 0 spiro atoms. The Morgan fingerprint density at radius 2 is 1.89 bits per heavy atom. The number of rotatable bonds is 4. The third kappa shape index (κ3) is 3.97. The second-order valence-corrected chi connectivity index (χ2v) is 9.87. The molecule has 1 aliphatic carbocycles. The summed E-state index contributed by atoms with van der Waals surface area (Å²) in [7, 11) is 1.34. The van der Waals surface area contributed by atoms with Gasteiger partial charge in [0.1, 0.15) is 17.4 Å². The molecule has 190 valence electrons. The number of H-pyrrole nitrogens is 1. The Balaban J connectivity index is 1.32. The van der Waals surface area contributed by atoms with Crippen LogP contribution < -0.4 is 10.4 Å². The van der Waals surface area contributed by atoms with Gasteiger partial charge in [-0.2, -0.15) is 0 Å². The van der Waals surface area contributed by atoms with Crippen LogP contribution in [0.5, 0.6) is 5.75 Å². The molecule has 1 aliphatic heterocycles. The number of benzene rings is 2. The summed E-state index contributed by atoms with van der Waals surface area (Å²) >= 11 is 0. The summed E-state index contributed by atoms with van der Waals surface area (Å²) in [6, 6.07) is 10.9. The fraction of sp³-hybridized carbons (Fsp3) is 0.345. The Morgan fingerprint density at radius 3 is 2.70 bits per heavy atom. The quantitative estimate of drug-likeness (QED) is 0.336. The number of nitrogens with one attached hydrogen (secondary N) is 1. The van der Waals surface area contributed by atoms with Crippen molar-refractivity contribution in [2.75, 3.05) is 13.7 Å². The molecule has 0 radical (unpaired) electrons. The number of carbonyl (C=O) groups excluding carboxylic acids is 2. The lowest BCUT2D eigenvalue weighted by atomic mass is 9.90. The first-order chi connectivity index (χ1) is 17.9. The molecule has 2 aromatic heterocycles. The van der Waals surface area contributed by atoms with Crippen LogP contribution in [0.25, 0.3) is 21.9 Å². The van der Waals surface area contributed by atoms with E-state index in [1.54, 1.807) is 0 Å². The van der Waals surface area contributed by atoms with Gasteiger partial charge >= 0.3 is 11.6 Å². The second-order valence-electron chi connectivity index (χ2n) is 9.87. The molecule has 8 heteroatoms. The summed E-state index contributed by atoms with van der Waals surface area (Å²) in [4.78, 5) is 43.7. The van der Waals surface area contributed by atoms with E-state index in [0.29, 0.717) is 29.7 Å². The number of ether oxygens (including phenoxy) is 2. The van der Waals surface area contributed by atoms with Crippen LogP contribution in [0.1, 0.15) is 40.8 Å². The lowest BCUT2D eigenvalue weighted by Crippen LogP contribution is -2.50. The smallest absolute Gasteiger partial charge is 0.339 e. The number of fused-ring (bicyclic) bond motifs is 6. The molecule has 6 rings (SSSR count). The number of para-hydroxylation sites is 1. The average molecular weight is 501 g/mol. The highest BCUT2D eigenvalue weighted by Gasteiger charge is 2.37. The summed E-state index contributed by atoms with van der Waals surface area (Å²) < 4.78 is 16.8. The molecule has 1 unspecified atom stereocenters. The highest BCUT2D eigenvalue weighted by Crippen LogP contribution is 2.35. The van der Waals surface area contributed by atoms with Gasteiger partial charge in [0.25, 0.3) is 5.91 Å². The first kappa shape index (κ1) is 23.3. The molecule has 3 heterocycles. The number of aromatic amines is 1. The van der Waals surface area contributed by atoms with Crippen molar-refractivity contribution in [3.8, 4) is 5.75 Å². The second kappa shape index (κ2) is 9.10. The molecular formula is C29H28N2O6. The van der Waals surface area contributed by atoms with E-state index in [0.717, 1.165) is 57.9 Å². The molecule has 2 aromatic carbocycles. The summed E-state index contributed by atoms with van der Waals surface area (Å²) in [6.07, 6.45) is 3.75. The fourth-order valence-corrected chi connectivity index (χ4v) is 5.82. The largest absolute Gasteiger partial charge is 0.483 e. The Bertz CT molecular complexity index is 1610. The van der Waals surface area contributed by atoms with Crippen LogP contribution in [0.3, 0.4) is 0 Å². The molecule has 0 bridgehead atoms. The zero-order valence-corrected chi connectivity index (χ0v) is 20.9. The lowest BCUT2D eigenvalue weighted by Gasteiger charge is -2.34. The van der Waals surface area contributed by atoms with Gasteiger partial charge in [0.2, 0.25) is 0 Å². The van der Waals surface area contributed by atoms with E-state index in [4.69, 9.17) is 13.9 Å². The minimum Gasteiger partial charge on any atom is -0.483 e. The van der Waals surface area contributed by atoms with Crippen LogP contribution in [0, 0.1) is 6.92 Å². The number of carbonyl (C=O) groups is 2. The minimum atomic E-state index is -0.743. The Kier molecular flexibility index (Phi) is 5.74. The van der Waals surface area contributed by atoms with Gasteiger partial charge in [0, 0.05) is 28.6 Å². The molecule has 4 aromatic rings. The van der Waals surface area contributed by atoms with Crippen LogP contribution in [-0.2, 0) is 40.1 Å². The number of amides is 1. The summed E-state index contributed by atoms with van der Waals surface area (Å²) in [5.74, 6) is -0.259. The Hall–Kier alpha value is -4.07. The monoisotopic (exact) mass is 500 g/mol. The van der Waals surface area contributed by atoms with Gasteiger partial charge < -0.3 is 23.8 Å². The molecule has 0 saturated carbocycles. The molecule has 1 atom stereocenters. The zero-order valence-electron chi connectivity index (χ0n) is 20.9. The minimum absolute atomic E-state index is 0.254. The maximum atomic E-state index is 13.5. The number of methoxy groups -OCH3 is 1. The molecular weight excluding hydrogens is 472 g/mol. The van der Waals surface area contributed by atoms with Crippen molar-refractivity contribution >= 4 is 33.7 Å². The Morgan fingerprint density at radius 1 is 1.11 bits per heavy atom. The van der Waals surface area contributed by atoms with Gasteiger partial charge in [0.05, 0.1) is 19.0 Å². The van der Waals surface area contributed by atoms with E-state index in [1.807, 2.05) is 43.3 Å². The van der Waals surface area contributed by atoms with Crippen LogP contribution in [0.4, 0.5) is 0 Å². The van der Waals surface area contributed by atoms with E-state index in [1.165, 1.54) is 12.0 Å². The van der Waals surface area contributed by atoms with Crippen molar-refractivity contribution in [2.45, 2.75) is 51.6 Å². The van der Waals surface area contributed by atoms with Crippen molar-refractivity contribution in [1.29, 1.82) is 0 Å². The summed E-state index contributed by atoms with van der Waals surface area (Å²) in [6.45, 7) is 1.89. The molecule has 0 fully saturated rings. The standard InChI is InChI=1S/C29H28N2O6/c1-16-11-24(27-18-8-3-4-9-19(18)28(33)37-25(27)12-16)36-15-26(32)31-14-22-20(13-23(31)29(34)35-2)17-7-5-6-10-21(17)30-22/h5-7,10-12,23,30H,3-4,8-9,13-15H2,1-2H3. The first-order valence-corrected chi connectivity index (χ1v) is 12.6. The number of hydrogen-bond acceptors (Lipinski definition) is 6. The van der Waals surface area contributed by atoms with Crippen molar-refractivity contribution in [3.05, 3.63) is 74.8 Å². The normalized spacial score (nSPS) is 16.9. The number of nitrogens with zero attached hydrogens (tertiary/aromatic N) is 1. The van der Waals surface area contributed by atoms with Crippen LogP contribution in [0.2, 0.25) is 0 Å². The Labute approximate surface area is 213 Å². The van der Waals surface area contributed by atoms with Crippen LogP contribution >= 0.6 is 0 Å². The average Bonchev–Trinajstić information content (AvgIpc) is 3.28. The van der Waals surface area contributed by atoms with E-state index in [2.05, 4.69) is 4.98 Å². The zero-order chi connectivity index (χ0) is 25.7. The van der Waals surface area contributed by atoms with Crippen molar-refractivity contribution in [2.24, 2.45) is 0 Å². The third-order valence-electron chi connectivity index (χ3n) is 7.58. The van der Waals surface area contributed by atoms with Gasteiger partial charge in [-0.1, -0.05) is 18.2 Å². The molecule has 1 N–H and O–H groups in total. The predicted octanol–water partition coefficient (Wildman–Crippen LogP) is 3.97. The number of aromatic nitrogens is 1. The maximum absolute atomic E-state index is 13.5. The van der Waals surface area contributed by atoms with Crippen LogP contribution in [0.15, 0.2) is 45.6 Å². The van der Waals surface area contributed by atoms with Gasteiger partial charge in [-0.15, -0.1) is 0 Å². The predicted molar refractivity (Wildman–Crippen MR) is 138 cm³/mol. The van der Waals surface area contributed by atoms with E-state index in [9.17, 15) is 14.4 Å². The molecule has 8 nitrogen and oxygen atoms in total. The summed E-state index contributed by atoms with van der Waals surface area (Å²) in [5.41, 5.74) is 5.61. The van der Waals surface area contributed by atoms with Crippen LogP contribution in [-0.4, -0.2) is 41.5 Å². The third-order valence-corrected chi connectivity index (χ3v) is 7.58. The van der Waals surface area contributed by atoms with E-state index >= 15 is 0 Å². The van der Waals surface area contributed by atoms with E-state index in [-0.39, 0.29) is 24.7 Å². The van der Waals surface area contributed by atoms with Crippen molar-refractivity contribution < 1.29 is 23.5 Å². The van der Waals surface area contributed by atoms with Gasteiger partial charge in [0.15, 0.2) is 6.61 Å². The van der Waals surface area contributed by atoms with Gasteiger partial charge in [-0.3, -0.25) is 4.79 Å². The van der Waals surface area contributed by atoms with E-state index < -0.39 is 12.0 Å². The molecule has 37 heavy (non-hydrogen) atoms. The number of aryl methyl sites for hydroxylation is 2. The first-order valence-electron chi connectivity index (χ1n) is 12.6. The van der Waals surface area contributed by atoms with Gasteiger partial charge in [-0.25, -0.2) is 9.59 Å². The molecule has 2 aliphatic rings. The fourth-order valence-electron chi connectivity index (χ4n) is 5.82. The highest BCUT2D eigenvalue weighted by atomic mass is 16.5. The number of hydrogen-bond donors (Lipinski definition) is 1. The highest BCUT2D eigenvalue weighted by molar-refractivity contribution is 5.91. The topological polar surface area (TPSA) is 102 Å².